The molecule has 2 aromatic carbocycles. The number of nitrogens with one attached hydrogen (secondary N) is 1. The largest absolute Gasteiger partial charge is 0.358 e. The smallest absolute Gasteiger partial charge is 0.0465 e. The van der Waals surface area contributed by atoms with Gasteiger partial charge in [0.1, 0.15) is 0 Å². The average Bonchev–Trinajstić information content (AvgIpc) is 2.52. The van der Waals surface area contributed by atoms with Crippen LogP contribution < -0.4 is 0 Å². The third-order valence-corrected chi connectivity index (χ3v) is 3.72. The lowest BCUT2D eigenvalue weighted by Crippen LogP contribution is -1.75. The molecule has 3 rings (SSSR count). The van der Waals surface area contributed by atoms with Crippen molar-refractivity contribution >= 4 is 37.6 Å². The molecule has 0 saturated carbocycles. The summed E-state index contributed by atoms with van der Waals surface area (Å²) < 4.78 is 1.13. The molecule has 1 aromatic heterocycles. The van der Waals surface area contributed by atoms with Gasteiger partial charge in [0.15, 0.2) is 0 Å². The molecule has 0 spiro atoms. The highest BCUT2D eigenvalue weighted by Crippen LogP contribution is 2.28. The fourth-order valence-corrected chi connectivity index (χ4v) is 2.56. The topological polar surface area (TPSA) is 15.8 Å². The molecule has 0 aliphatic heterocycles. The molecule has 0 aliphatic carbocycles. The molecule has 0 aliphatic rings. The molecule has 3 aromatic rings. The second-order valence-corrected chi connectivity index (χ2v) is 5.18. The number of hydrogen-bond acceptors (Lipinski definition) is 0. The van der Waals surface area contributed by atoms with Crippen LogP contribution in [-0.2, 0) is 0 Å². The van der Waals surface area contributed by atoms with Crippen LogP contribution in [0.1, 0.15) is 11.3 Å². The number of benzene rings is 2. The van der Waals surface area contributed by atoms with E-state index in [9.17, 15) is 0 Å². The Bertz CT molecular complexity index is 695. The van der Waals surface area contributed by atoms with Crippen molar-refractivity contribution < 1.29 is 0 Å². The Balaban J connectivity index is 2.49. The average molecular weight is 274 g/mol. The number of aromatic amines is 1. The third kappa shape index (κ3) is 1.37. The fourth-order valence-electron chi connectivity index (χ4n) is 2.18. The van der Waals surface area contributed by atoms with Gasteiger partial charge < -0.3 is 4.98 Å². The van der Waals surface area contributed by atoms with E-state index in [0.717, 1.165) is 4.47 Å². The van der Waals surface area contributed by atoms with E-state index in [1.165, 1.54) is 32.9 Å². The Hall–Kier alpha value is -1.28. The number of hydrogen-bond donors (Lipinski definition) is 1. The molecule has 80 valence electrons. The van der Waals surface area contributed by atoms with Gasteiger partial charge >= 0.3 is 0 Å². The van der Waals surface area contributed by atoms with Crippen molar-refractivity contribution in [2.24, 2.45) is 0 Å². The minimum atomic E-state index is 1.13. The first-order chi connectivity index (χ1) is 7.65. The van der Waals surface area contributed by atoms with Crippen LogP contribution in [0, 0.1) is 13.8 Å². The minimum absolute atomic E-state index is 1.13. The highest BCUT2D eigenvalue weighted by Gasteiger charge is 2.05. The molecule has 0 atom stereocenters. The first-order valence-electron chi connectivity index (χ1n) is 5.33. The van der Waals surface area contributed by atoms with Crippen LogP contribution in [0.15, 0.2) is 34.8 Å². The van der Waals surface area contributed by atoms with Gasteiger partial charge in [0.05, 0.1) is 0 Å². The van der Waals surface area contributed by atoms with E-state index in [2.05, 4.69) is 65.1 Å². The molecule has 1 N–H and O–H groups in total. The van der Waals surface area contributed by atoms with E-state index in [-0.39, 0.29) is 0 Å². The number of aromatic nitrogens is 1. The van der Waals surface area contributed by atoms with Crippen molar-refractivity contribution in [3.63, 3.8) is 0 Å². The van der Waals surface area contributed by atoms with E-state index >= 15 is 0 Å². The summed E-state index contributed by atoms with van der Waals surface area (Å²) in [5.41, 5.74) is 3.83. The summed E-state index contributed by atoms with van der Waals surface area (Å²) in [7, 11) is 0. The van der Waals surface area contributed by atoms with Crippen LogP contribution in [0.3, 0.4) is 0 Å². The molecule has 0 fully saturated rings. The molecule has 0 saturated heterocycles. The summed E-state index contributed by atoms with van der Waals surface area (Å²) in [5.74, 6) is 0. The predicted molar refractivity (Wildman–Crippen MR) is 73.0 cm³/mol. The molecule has 0 radical (unpaired) electrons. The maximum absolute atomic E-state index is 3.51. The monoisotopic (exact) mass is 273 g/mol. The highest BCUT2D eigenvalue weighted by atomic mass is 79.9. The molecule has 0 amide bonds. The standard InChI is InChI=1S/C14H12BrN/c1-8-9(2)16-14-7-10-3-4-12(15)5-11(10)6-13(8)14/h3-7,16H,1-2H3. The van der Waals surface area contributed by atoms with Crippen molar-refractivity contribution in [2.45, 2.75) is 13.8 Å². The number of H-pyrrole nitrogens is 1. The number of halogens is 1. The Morgan fingerprint density at radius 2 is 1.81 bits per heavy atom. The molecule has 0 bridgehead atoms. The van der Waals surface area contributed by atoms with Crippen molar-refractivity contribution in [3.05, 3.63) is 46.1 Å². The van der Waals surface area contributed by atoms with E-state index in [4.69, 9.17) is 0 Å². The van der Waals surface area contributed by atoms with Crippen LogP contribution in [0.25, 0.3) is 21.7 Å². The van der Waals surface area contributed by atoms with Crippen molar-refractivity contribution in [1.29, 1.82) is 0 Å². The van der Waals surface area contributed by atoms with Gasteiger partial charge in [-0.1, -0.05) is 22.0 Å². The number of aryl methyl sites for hydroxylation is 2. The highest BCUT2D eigenvalue weighted by molar-refractivity contribution is 9.10. The first-order valence-corrected chi connectivity index (χ1v) is 6.12. The van der Waals surface area contributed by atoms with Crippen LogP contribution in [0.4, 0.5) is 0 Å². The minimum Gasteiger partial charge on any atom is -0.358 e. The summed E-state index contributed by atoms with van der Waals surface area (Å²) in [6, 6.07) is 10.9. The van der Waals surface area contributed by atoms with Crippen LogP contribution in [0.5, 0.6) is 0 Å². The van der Waals surface area contributed by atoms with Gasteiger partial charge in [-0.25, -0.2) is 0 Å². The van der Waals surface area contributed by atoms with Gasteiger partial charge in [0.25, 0.3) is 0 Å². The van der Waals surface area contributed by atoms with E-state index in [0.29, 0.717) is 0 Å². The summed E-state index contributed by atoms with van der Waals surface area (Å²) >= 11 is 3.51. The summed E-state index contributed by atoms with van der Waals surface area (Å²) in [5, 5.41) is 3.88. The summed E-state index contributed by atoms with van der Waals surface area (Å²) in [4.78, 5) is 3.42. The van der Waals surface area contributed by atoms with Crippen LogP contribution in [-0.4, -0.2) is 4.98 Å². The maximum atomic E-state index is 3.51. The number of rotatable bonds is 0. The van der Waals surface area contributed by atoms with Gasteiger partial charge in [-0.2, -0.15) is 0 Å². The zero-order chi connectivity index (χ0) is 11.3. The Kier molecular flexibility index (Phi) is 2.08. The van der Waals surface area contributed by atoms with Gasteiger partial charge in [-0.15, -0.1) is 0 Å². The third-order valence-electron chi connectivity index (χ3n) is 3.23. The summed E-state index contributed by atoms with van der Waals surface area (Å²) in [6.07, 6.45) is 0. The second kappa shape index (κ2) is 3.36. The maximum Gasteiger partial charge on any atom is 0.0465 e. The van der Waals surface area contributed by atoms with Gasteiger partial charge in [0.2, 0.25) is 0 Å². The van der Waals surface area contributed by atoms with Gasteiger partial charge in [-0.05, 0) is 54.4 Å². The van der Waals surface area contributed by atoms with Crippen LogP contribution >= 0.6 is 15.9 Å². The molecular formula is C14H12BrN. The van der Waals surface area contributed by atoms with Crippen molar-refractivity contribution in [1.82, 2.24) is 4.98 Å². The lowest BCUT2D eigenvalue weighted by molar-refractivity contribution is 1.25. The Morgan fingerprint density at radius 1 is 1.00 bits per heavy atom. The molecule has 1 nitrogen and oxygen atoms in total. The molecule has 16 heavy (non-hydrogen) atoms. The van der Waals surface area contributed by atoms with E-state index in [1.807, 2.05) is 0 Å². The second-order valence-electron chi connectivity index (χ2n) is 4.26. The fraction of sp³-hybridized carbons (Fsp3) is 0.143. The number of fused-ring (bicyclic) bond motifs is 2. The van der Waals surface area contributed by atoms with E-state index in [1.54, 1.807) is 0 Å². The van der Waals surface area contributed by atoms with E-state index < -0.39 is 0 Å². The van der Waals surface area contributed by atoms with Crippen molar-refractivity contribution in [2.75, 3.05) is 0 Å². The lowest BCUT2D eigenvalue weighted by atomic mass is 10.1. The predicted octanol–water partition coefficient (Wildman–Crippen LogP) is 4.70. The zero-order valence-electron chi connectivity index (χ0n) is 9.26. The molecule has 0 unspecified atom stereocenters. The van der Waals surface area contributed by atoms with Gasteiger partial charge in [-0.3, -0.25) is 0 Å². The Morgan fingerprint density at radius 3 is 2.62 bits per heavy atom. The molecule has 2 heteroatoms. The molecule has 1 heterocycles. The Labute approximate surface area is 103 Å². The first kappa shape index (κ1) is 9.91. The van der Waals surface area contributed by atoms with Crippen LogP contribution in [0.2, 0.25) is 0 Å². The summed E-state index contributed by atoms with van der Waals surface area (Å²) in [6.45, 7) is 4.29. The SMILES string of the molecule is Cc1[nH]c2cc3ccc(Br)cc3cc2c1C. The molecular weight excluding hydrogens is 262 g/mol. The van der Waals surface area contributed by atoms with Crippen molar-refractivity contribution in [3.8, 4) is 0 Å². The zero-order valence-corrected chi connectivity index (χ0v) is 10.9. The lowest BCUT2D eigenvalue weighted by Gasteiger charge is -2.00. The quantitative estimate of drug-likeness (QED) is 0.611. The van der Waals surface area contributed by atoms with Gasteiger partial charge in [0, 0.05) is 21.1 Å². The normalized spacial score (nSPS) is 11.4.